The van der Waals surface area contributed by atoms with E-state index < -0.39 is 0 Å². The van der Waals surface area contributed by atoms with Crippen molar-refractivity contribution in [3.63, 3.8) is 0 Å². The summed E-state index contributed by atoms with van der Waals surface area (Å²) in [5.74, 6) is 1.48. The Morgan fingerprint density at radius 2 is 2.12 bits per heavy atom. The Morgan fingerprint density at radius 3 is 2.85 bits per heavy atom. The van der Waals surface area contributed by atoms with Gasteiger partial charge in [0.05, 0.1) is 17.7 Å². The van der Waals surface area contributed by atoms with Crippen LogP contribution in [0, 0.1) is 17.2 Å². The highest BCUT2D eigenvalue weighted by Gasteiger charge is 2.32. The van der Waals surface area contributed by atoms with Crippen molar-refractivity contribution in [1.29, 1.82) is 5.26 Å². The smallest absolute Gasteiger partial charge is 0.268 e. The van der Waals surface area contributed by atoms with Crippen molar-refractivity contribution in [3.8, 4) is 6.07 Å². The molecule has 4 N–H and O–H groups in total. The lowest BCUT2D eigenvalue weighted by Crippen LogP contribution is -2.38. The number of nitrogens with two attached hydrogens (primary N) is 1. The topological polar surface area (TPSA) is 107 Å². The number of hydrogen-bond donors (Lipinski definition) is 3. The average Bonchev–Trinajstić information content (AvgIpc) is 3.17. The molecular weight excluding hydrogens is 448 g/mol. The largest absolute Gasteiger partial charge is 0.393 e. The van der Waals surface area contributed by atoms with Gasteiger partial charge in [-0.15, -0.1) is 0 Å². The standard InChI is InChI=1S/C26H29ClN6O/c27-20-4-2-18(12-28)21(11-20)19-8-16(9-19)13-32-26(34)23(29)15-30-24-5-3-17-10-25(31-14-22(17)24)33-6-1-7-33/h2,4,10-11,14-16,19,24,30H,1,3,5-9,13,29H2,(H,32,34)/b23-15-. The number of halogens is 1. The minimum Gasteiger partial charge on any atom is -0.393 e. The molecule has 3 aliphatic rings. The SMILES string of the molecule is N#Cc1ccc(Cl)cc1C1CC(CNC(=O)/C(N)=C/NC2CCc3cc(N4CCC4)ncc32)C1. The summed E-state index contributed by atoms with van der Waals surface area (Å²) in [5.41, 5.74) is 10.4. The van der Waals surface area contributed by atoms with Gasteiger partial charge in [-0.25, -0.2) is 4.98 Å². The second-order valence-corrected chi connectivity index (χ2v) is 9.96. The van der Waals surface area contributed by atoms with Crippen LogP contribution in [0.5, 0.6) is 0 Å². The van der Waals surface area contributed by atoms with Gasteiger partial charge in [-0.05, 0) is 84.9 Å². The monoisotopic (exact) mass is 476 g/mol. The van der Waals surface area contributed by atoms with Crippen molar-refractivity contribution in [1.82, 2.24) is 15.6 Å². The molecule has 2 heterocycles. The fraction of sp³-hybridized carbons (Fsp3) is 0.423. The van der Waals surface area contributed by atoms with Crippen LogP contribution in [-0.4, -0.2) is 30.5 Å². The molecular formula is C26H29ClN6O. The van der Waals surface area contributed by atoms with Gasteiger partial charge in [-0.2, -0.15) is 5.26 Å². The molecule has 7 nitrogen and oxygen atoms in total. The molecule has 0 radical (unpaired) electrons. The van der Waals surface area contributed by atoms with Crippen LogP contribution in [0.25, 0.3) is 0 Å². The summed E-state index contributed by atoms with van der Waals surface area (Å²) in [6.07, 6.45) is 8.61. The second-order valence-electron chi connectivity index (χ2n) is 9.53. The number of nitrogens with zero attached hydrogens (tertiary/aromatic N) is 3. The van der Waals surface area contributed by atoms with Crippen molar-refractivity contribution < 1.29 is 4.79 Å². The molecule has 0 bridgehead atoms. The maximum absolute atomic E-state index is 12.5. The molecule has 1 unspecified atom stereocenters. The number of fused-ring (bicyclic) bond motifs is 1. The Kier molecular flexibility index (Phi) is 6.34. The van der Waals surface area contributed by atoms with E-state index in [0.717, 1.165) is 50.2 Å². The van der Waals surface area contributed by atoms with Gasteiger partial charge in [0.2, 0.25) is 0 Å². The van der Waals surface area contributed by atoms with Gasteiger partial charge in [-0.3, -0.25) is 4.79 Å². The van der Waals surface area contributed by atoms with Crippen LogP contribution >= 0.6 is 11.6 Å². The van der Waals surface area contributed by atoms with Crippen molar-refractivity contribution in [2.75, 3.05) is 24.5 Å². The lowest BCUT2D eigenvalue weighted by Gasteiger charge is -2.36. The maximum atomic E-state index is 12.5. The van der Waals surface area contributed by atoms with Gasteiger partial charge >= 0.3 is 0 Å². The van der Waals surface area contributed by atoms with Crippen LogP contribution in [0.4, 0.5) is 5.82 Å². The zero-order chi connectivity index (χ0) is 23.7. The van der Waals surface area contributed by atoms with E-state index in [-0.39, 0.29) is 17.6 Å². The van der Waals surface area contributed by atoms with E-state index in [4.69, 9.17) is 17.3 Å². The van der Waals surface area contributed by atoms with E-state index in [9.17, 15) is 10.1 Å². The zero-order valence-corrected chi connectivity index (χ0v) is 19.8. The number of benzene rings is 1. The first-order valence-corrected chi connectivity index (χ1v) is 12.3. The summed E-state index contributed by atoms with van der Waals surface area (Å²) in [4.78, 5) is 19.4. The molecule has 5 rings (SSSR count). The molecule has 1 saturated carbocycles. The fourth-order valence-corrected chi connectivity index (χ4v) is 5.28. The normalized spacial score (nSPS) is 23.4. The molecule has 2 fully saturated rings. The van der Waals surface area contributed by atoms with Crippen LogP contribution in [-0.2, 0) is 11.2 Å². The molecule has 8 heteroatoms. The summed E-state index contributed by atoms with van der Waals surface area (Å²) in [6.45, 7) is 2.75. The van der Waals surface area contributed by atoms with Crippen LogP contribution in [0.15, 0.2) is 42.4 Å². The van der Waals surface area contributed by atoms with Crippen LogP contribution in [0.2, 0.25) is 5.02 Å². The van der Waals surface area contributed by atoms with E-state index in [1.165, 1.54) is 17.5 Å². The Bertz CT molecular complexity index is 1160. The molecule has 1 saturated heterocycles. The van der Waals surface area contributed by atoms with Gasteiger partial charge in [-0.1, -0.05) is 11.6 Å². The number of hydrogen-bond acceptors (Lipinski definition) is 6. The van der Waals surface area contributed by atoms with Gasteiger partial charge in [0.15, 0.2) is 0 Å². The molecule has 2 aromatic rings. The summed E-state index contributed by atoms with van der Waals surface area (Å²) in [6, 6.07) is 9.97. The van der Waals surface area contributed by atoms with Crippen molar-refractivity contribution in [3.05, 3.63) is 69.6 Å². The maximum Gasteiger partial charge on any atom is 0.268 e. The Labute approximate surface area is 205 Å². The van der Waals surface area contributed by atoms with E-state index in [1.807, 2.05) is 12.3 Å². The number of amides is 1. The molecule has 176 valence electrons. The lowest BCUT2D eigenvalue weighted by molar-refractivity contribution is -0.117. The number of aryl methyl sites for hydroxylation is 1. The molecule has 2 aliphatic carbocycles. The Morgan fingerprint density at radius 1 is 1.29 bits per heavy atom. The van der Waals surface area contributed by atoms with Crippen LogP contribution in [0.1, 0.15) is 59.9 Å². The number of pyridine rings is 1. The van der Waals surface area contributed by atoms with Crippen molar-refractivity contribution >= 4 is 23.3 Å². The predicted octanol–water partition coefficient (Wildman–Crippen LogP) is 3.50. The third kappa shape index (κ3) is 4.55. The number of nitrogens with one attached hydrogen (secondary N) is 2. The molecule has 1 aromatic carbocycles. The number of carbonyl (C=O) groups is 1. The van der Waals surface area contributed by atoms with Gasteiger partial charge in [0.25, 0.3) is 5.91 Å². The third-order valence-electron chi connectivity index (χ3n) is 7.33. The number of aromatic nitrogens is 1. The molecule has 1 atom stereocenters. The lowest BCUT2D eigenvalue weighted by atomic mass is 9.70. The Balaban J connectivity index is 1.09. The quantitative estimate of drug-likeness (QED) is 0.528. The summed E-state index contributed by atoms with van der Waals surface area (Å²) < 4.78 is 0. The summed E-state index contributed by atoms with van der Waals surface area (Å²) in [7, 11) is 0. The van der Waals surface area contributed by atoms with Crippen molar-refractivity contribution in [2.24, 2.45) is 11.7 Å². The summed E-state index contributed by atoms with van der Waals surface area (Å²) >= 11 is 6.11. The first-order chi connectivity index (χ1) is 16.5. The number of rotatable bonds is 7. The summed E-state index contributed by atoms with van der Waals surface area (Å²) in [5, 5.41) is 16.2. The third-order valence-corrected chi connectivity index (χ3v) is 7.57. The molecule has 0 spiro atoms. The van der Waals surface area contributed by atoms with Gasteiger partial charge < -0.3 is 21.3 Å². The van der Waals surface area contributed by atoms with E-state index in [0.29, 0.717) is 29.0 Å². The highest BCUT2D eigenvalue weighted by atomic mass is 35.5. The first-order valence-electron chi connectivity index (χ1n) is 11.9. The number of carbonyl (C=O) groups excluding carboxylic acids is 1. The fourth-order valence-electron chi connectivity index (χ4n) is 5.10. The minimum atomic E-state index is -0.263. The molecule has 1 aromatic heterocycles. The van der Waals surface area contributed by atoms with Gasteiger partial charge in [0, 0.05) is 37.1 Å². The zero-order valence-electron chi connectivity index (χ0n) is 19.1. The van der Waals surface area contributed by atoms with Crippen LogP contribution in [0.3, 0.4) is 0 Å². The second kappa shape index (κ2) is 9.55. The number of nitriles is 1. The Hall–Kier alpha value is -3.24. The predicted molar refractivity (Wildman–Crippen MR) is 132 cm³/mol. The van der Waals surface area contributed by atoms with Crippen LogP contribution < -0.4 is 21.3 Å². The number of anilines is 1. The molecule has 34 heavy (non-hydrogen) atoms. The average molecular weight is 477 g/mol. The van der Waals surface area contributed by atoms with Crippen molar-refractivity contribution in [2.45, 2.75) is 44.1 Å². The van der Waals surface area contributed by atoms with E-state index >= 15 is 0 Å². The highest BCUT2D eigenvalue weighted by Crippen LogP contribution is 2.43. The molecule has 1 aliphatic heterocycles. The van der Waals surface area contributed by atoms with Gasteiger partial charge in [0.1, 0.15) is 11.5 Å². The van der Waals surface area contributed by atoms with E-state index in [1.54, 1.807) is 18.3 Å². The molecule has 1 amide bonds. The first kappa shape index (κ1) is 22.5. The highest BCUT2D eigenvalue weighted by molar-refractivity contribution is 6.30. The minimum absolute atomic E-state index is 0.124. The van der Waals surface area contributed by atoms with E-state index in [2.05, 4.69) is 32.7 Å².